The lowest BCUT2D eigenvalue weighted by Crippen LogP contribution is -2.07. The Morgan fingerprint density at radius 3 is 2.58 bits per heavy atom. The lowest BCUT2D eigenvalue weighted by Gasteiger charge is -2.08. The Bertz CT molecular complexity index is 281. The van der Waals surface area contributed by atoms with Gasteiger partial charge in [0.2, 0.25) is 0 Å². The molecular weight excluding hydrogens is 214 g/mol. The number of aryl methyl sites for hydroxylation is 1. The van der Waals surface area contributed by atoms with E-state index in [1.165, 1.54) is 16.7 Å². The molecule has 1 nitrogen and oxygen atoms in total. The molecule has 0 fully saturated rings. The average Bonchev–Trinajstić information content (AvgIpc) is 2.00. The van der Waals surface area contributed by atoms with E-state index in [0.717, 1.165) is 11.0 Å². The standard InChI is InChI=1S/C10H14BrN/c1-7-4-10(11)5-9(6-12-3)8(7)2/h4-5,12H,6H2,1-3H3. The molecule has 0 aliphatic rings. The highest BCUT2D eigenvalue weighted by Gasteiger charge is 2.01. The van der Waals surface area contributed by atoms with E-state index in [1.54, 1.807) is 0 Å². The van der Waals surface area contributed by atoms with Crippen LogP contribution in [0.5, 0.6) is 0 Å². The second-order valence-corrected chi connectivity index (χ2v) is 3.95. The van der Waals surface area contributed by atoms with Crippen molar-refractivity contribution in [1.29, 1.82) is 0 Å². The molecule has 1 N–H and O–H groups in total. The lowest BCUT2D eigenvalue weighted by molar-refractivity contribution is 0.810. The molecule has 0 radical (unpaired) electrons. The Morgan fingerprint density at radius 1 is 1.33 bits per heavy atom. The molecule has 12 heavy (non-hydrogen) atoms. The summed E-state index contributed by atoms with van der Waals surface area (Å²) >= 11 is 3.49. The van der Waals surface area contributed by atoms with Crippen LogP contribution in [-0.2, 0) is 6.54 Å². The van der Waals surface area contributed by atoms with Crippen molar-refractivity contribution in [2.45, 2.75) is 20.4 Å². The Labute approximate surface area is 82.3 Å². The van der Waals surface area contributed by atoms with E-state index in [1.807, 2.05) is 7.05 Å². The molecule has 0 bridgehead atoms. The van der Waals surface area contributed by atoms with Crippen LogP contribution in [0.2, 0.25) is 0 Å². The largest absolute Gasteiger partial charge is 0.316 e. The van der Waals surface area contributed by atoms with Gasteiger partial charge in [0, 0.05) is 11.0 Å². The van der Waals surface area contributed by atoms with Gasteiger partial charge in [0.15, 0.2) is 0 Å². The van der Waals surface area contributed by atoms with Crippen LogP contribution < -0.4 is 5.32 Å². The van der Waals surface area contributed by atoms with Crippen molar-refractivity contribution >= 4 is 15.9 Å². The minimum Gasteiger partial charge on any atom is -0.316 e. The summed E-state index contributed by atoms with van der Waals surface area (Å²) in [6.07, 6.45) is 0. The predicted molar refractivity (Wildman–Crippen MR) is 56.4 cm³/mol. The van der Waals surface area contributed by atoms with Gasteiger partial charge in [0.25, 0.3) is 0 Å². The van der Waals surface area contributed by atoms with E-state index in [4.69, 9.17) is 0 Å². The number of rotatable bonds is 2. The fourth-order valence-electron chi connectivity index (χ4n) is 1.26. The number of hydrogen-bond donors (Lipinski definition) is 1. The van der Waals surface area contributed by atoms with Crippen LogP contribution >= 0.6 is 15.9 Å². The monoisotopic (exact) mass is 227 g/mol. The first-order chi connectivity index (χ1) is 5.65. The Balaban J connectivity index is 3.09. The maximum Gasteiger partial charge on any atom is 0.0205 e. The van der Waals surface area contributed by atoms with Gasteiger partial charge in [0.1, 0.15) is 0 Å². The minimum atomic E-state index is 0.937. The summed E-state index contributed by atoms with van der Waals surface area (Å²) in [5, 5.41) is 3.16. The molecule has 0 spiro atoms. The van der Waals surface area contributed by atoms with Crippen LogP contribution in [-0.4, -0.2) is 7.05 Å². The van der Waals surface area contributed by atoms with Gasteiger partial charge in [-0.1, -0.05) is 15.9 Å². The van der Waals surface area contributed by atoms with Crippen molar-refractivity contribution in [2.75, 3.05) is 7.05 Å². The van der Waals surface area contributed by atoms with Crippen LogP contribution in [0.1, 0.15) is 16.7 Å². The molecule has 1 rings (SSSR count). The quantitative estimate of drug-likeness (QED) is 0.820. The molecule has 0 amide bonds. The molecule has 0 saturated heterocycles. The van der Waals surface area contributed by atoms with Crippen molar-refractivity contribution in [2.24, 2.45) is 0 Å². The summed E-state index contributed by atoms with van der Waals surface area (Å²) in [6, 6.07) is 4.31. The first-order valence-electron chi connectivity index (χ1n) is 4.05. The summed E-state index contributed by atoms with van der Waals surface area (Å²) in [4.78, 5) is 0. The van der Waals surface area contributed by atoms with Gasteiger partial charge in [-0.15, -0.1) is 0 Å². The topological polar surface area (TPSA) is 12.0 Å². The summed E-state index contributed by atoms with van der Waals surface area (Å²) in [5.41, 5.74) is 4.09. The Hall–Kier alpha value is -0.340. The maximum atomic E-state index is 3.49. The molecule has 1 aromatic rings. The first kappa shape index (κ1) is 9.75. The molecule has 0 aromatic heterocycles. The third-order valence-electron chi connectivity index (χ3n) is 2.11. The second-order valence-electron chi connectivity index (χ2n) is 3.04. The summed E-state index contributed by atoms with van der Waals surface area (Å²) in [7, 11) is 1.97. The predicted octanol–water partition coefficient (Wildman–Crippen LogP) is 2.79. The highest BCUT2D eigenvalue weighted by Crippen LogP contribution is 2.19. The lowest BCUT2D eigenvalue weighted by atomic mass is 10.0. The number of halogens is 1. The number of nitrogens with one attached hydrogen (secondary N) is 1. The van der Waals surface area contributed by atoms with E-state index < -0.39 is 0 Å². The van der Waals surface area contributed by atoms with Crippen LogP contribution in [0.15, 0.2) is 16.6 Å². The zero-order valence-corrected chi connectivity index (χ0v) is 9.33. The van der Waals surface area contributed by atoms with Crippen LogP contribution in [0.25, 0.3) is 0 Å². The van der Waals surface area contributed by atoms with E-state index in [0.29, 0.717) is 0 Å². The summed E-state index contributed by atoms with van der Waals surface area (Å²) in [6.45, 7) is 5.24. The van der Waals surface area contributed by atoms with Crippen molar-refractivity contribution in [3.05, 3.63) is 33.3 Å². The molecule has 0 aliphatic heterocycles. The molecule has 0 atom stereocenters. The van der Waals surface area contributed by atoms with Gasteiger partial charge in [-0.05, 0) is 49.7 Å². The molecule has 0 aliphatic carbocycles. The second kappa shape index (κ2) is 4.06. The Morgan fingerprint density at radius 2 is 2.00 bits per heavy atom. The average molecular weight is 228 g/mol. The van der Waals surface area contributed by atoms with E-state index in [-0.39, 0.29) is 0 Å². The SMILES string of the molecule is CNCc1cc(Br)cc(C)c1C. The van der Waals surface area contributed by atoms with Gasteiger partial charge in [-0.3, -0.25) is 0 Å². The van der Waals surface area contributed by atoms with Gasteiger partial charge < -0.3 is 5.32 Å². The van der Waals surface area contributed by atoms with Crippen molar-refractivity contribution in [1.82, 2.24) is 5.32 Å². The minimum absolute atomic E-state index is 0.937. The normalized spacial score (nSPS) is 10.3. The molecule has 0 unspecified atom stereocenters. The van der Waals surface area contributed by atoms with E-state index in [9.17, 15) is 0 Å². The summed E-state index contributed by atoms with van der Waals surface area (Å²) in [5.74, 6) is 0. The third kappa shape index (κ3) is 2.08. The van der Waals surface area contributed by atoms with E-state index in [2.05, 4.69) is 47.2 Å². The zero-order valence-electron chi connectivity index (χ0n) is 7.74. The Kier molecular flexibility index (Phi) is 3.29. The highest BCUT2D eigenvalue weighted by molar-refractivity contribution is 9.10. The fraction of sp³-hybridized carbons (Fsp3) is 0.400. The number of benzene rings is 1. The van der Waals surface area contributed by atoms with Crippen LogP contribution in [0.3, 0.4) is 0 Å². The fourth-order valence-corrected chi connectivity index (χ4v) is 1.88. The zero-order chi connectivity index (χ0) is 9.14. The van der Waals surface area contributed by atoms with Crippen molar-refractivity contribution < 1.29 is 0 Å². The van der Waals surface area contributed by atoms with Gasteiger partial charge in [-0.25, -0.2) is 0 Å². The molecule has 66 valence electrons. The van der Waals surface area contributed by atoms with Gasteiger partial charge in [0.05, 0.1) is 0 Å². The van der Waals surface area contributed by atoms with Crippen LogP contribution in [0.4, 0.5) is 0 Å². The smallest absolute Gasteiger partial charge is 0.0205 e. The molecule has 0 heterocycles. The van der Waals surface area contributed by atoms with Crippen molar-refractivity contribution in [3.8, 4) is 0 Å². The highest BCUT2D eigenvalue weighted by atomic mass is 79.9. The molecular formula is C10H14BrN. The van der Waals surface area contributed by atoms with Crippen LogP contribution in [0, 0.1) is 13.8 Å². The van der Waals surface area contributed by atoms with Gasteiger partial charge in [-0.2, -0.15) is 0 Å². The molecule has 2 heteroatoms. The summed E-state index contributed by atoms with van der Waals surface area (Å²) < 4.78 is 1.16. The van der Waals surface area contributed by atoms with E-state index >= 15 is 0 Å². The molecule has 1 aromatic carbocycles. The maximum absolute atomic E-state index is 3.49. The number of hydrogen-bond acceptors (Lipinski definition) is 1. The third-order valence-corrected chi connectivity index (χ3v) is 2.56. The van der Waals surface area contributed by atoms with Gasteiger partial charge >= 0.3 is 0 Å². The van der Waals surface area contributed by atoms with Crippen molar-refractivity contribution in [3.63, 3.8) is 0 Å². The molecule has 0 saturated carbocycles. The first-order valence-corrected chi connectivity index (χ1v) is 4.84.